The number of hydrogen-bond donors (Lipinski definition) is 1. The van der Waals surface area contributed by atoms with Crippen LogP contribution >= 0.6 is 0 Å². The van der Waals surface area contributed by atoms with Crippen LogP contribution in [0.5, 0.6) is 0 Å². The van der Waals surface area contributed by atoms with Gasteiger partial charge in [0.25, 0.3) is 0 Å². The Hall–Kier alpha value is -2.63. The summed E-state index contributed by atoms with van der Waals surface area (Å²) in [6.45, 7) is 0.134. The van der Waals surface area contributed by atoms with E-state index in [1.165, 1.54) is 36.4 Å². The lowest BCUT2D eigenvalue weighted by Crippen LogP contribution is -2.33. The highest BCUT2D eigenvalue weighted by atomic mass is 19.1. The molecule has 2 nitrogen and oxygen atoms in total. The van der Waals surface area contributed by atoms with Gasteiger partial charge in [-0.1, -0.05) is 36.4 Å². The van der Waals surface area contributed by atoms with Gasteiger partial charge in [0.05, 0.1) is 6.61 Å². The van der Waals surface area contributed by atoms with E-state index < -0.39 is 23.1 Å². The molecule has 0 spiro atoms. The number of ether oxygens (including phenoxy) is 1. The molecule has 0 aliphatic carbocycles. The van der Waals surface area contributed by atoms with Crippen molar-refractivity contribution in [3.05, 3.63) is 107 Å². The Bertz CT molecular complexity index is 749. The number of halogens is 3. The Labute approximate surface area is 155 Å². The number of rotatable bonds is 7. The smallest absolute Gasteiger partial charge is 0.143 e. The van der Waals surface area contributed by atoms with Crippen LogP contribution in [0.15, 0.2) is 72.8 Å². The van der Waals surface area contributed by atoms with Crippen molar-refractivity contribution in [2.45, 2.75) is 12.0 Å². The first-order valence-electron chi connectivity index (χ1n) is 8.59. The molecule has 0 fully saturated rings. The lowest BCUT2D eigenvalue weighted by Gasteiger charge is -2.36. The van der Waals surface area contributed by atoms with E-state index in [4.69, 9.17) is 9.84 Å². The second kappa shape index (κ2) is 8.37. The monoisotopic (exact) mass is 372 g/mol. The highest BCUT2D eigenvalue weighted by Crippen LogP contribution is 2.40. The molecule has 0 amide bonds. The van der Waals surface area contributed by atoms with Crippen LogP contribution in [0.25, 0.3) is 0 Å². The zero-order chi connectivity index (χ0) is 19.3. The fourth-order valence-corrected chi connectivity index (χ4v) is 3.09. The van der Waals surface area contributed by atoms with Gasteiger partial charge in [-0.3, -0.25) is 0 Å². The van der Waals surface area contributed by atoms with Crippen molar-refractivity contribution >= 4 is 0 Å². The Morgan fingerprint density at radius 1 is 0.630 bits per heavy atom. The van der Waals surface area contributed by atoms with Gasteiger partial charge in [0.2, 0.25) is 0 Å². The molecule has 0 radical (unpaired) electrons. The number of hydrogen-bond acceptors (Lipinski definition) is 2. The molecule has 0 heterocycles. The summed E-state index contributed by atoms with van der Waals surface area (Å²) in [5.41, 5.74) is 0.629. The molecule has 140 valence electrons. The zero-order valence-electron chi connectivity index (χ0n) is 14.5. The van der Waals surface area contributed by atoms with Gasteiger partial charge in [-0.15, -0.1) is 0 Å². The van der Waals surface area contributed by atoms with Gasteiger partial charge in [-0.2, -0.15) is 0 Å². The maximum atomic E-state index is 13.5. The molecule has 0 aliphatic rings. The van der Waals surface area contributed by atoms with E-state index in [0.29, 0.717) is 23.1 Å². The first-order valence-corrected chi connectivity index (χ1v) is 8.59. The largest absolute Gasteiger partial charge is 0.396 e. The van der Waals surface area contributed by atoms with E-state index in [2.05, 4.69) is 0 Å². The minimum Gasteiger partial charge on any atom is -0.396 e. The third-order valence-corrected chi connectivity index (χ3v) is 4.37. The Kier molecular flexibility index (Phi) is 5.94. The minimum atomic E-state index is -1.20. The van der Waals surface area contributed by atoms with Crippen LogP contribution in [-0.2, 0) is 10.3 Å². The van der Waals surface area contributed by atoms with Crippen molar-refractivity contribution < 1.29 is 23.0 Å². The topological polar surface area (TPSA) is 29.5 Å². The quantitative estimate of drug-likeness (QED) is 0.477. The molecule has 0 saturated heterocycles. The van der Waals surface area contributed by atoms with E-state index in [1.54, 1.807) is 36.4 Å². The molecular weight excluding hydrogens is 353 g/mol. The van der Waals surface area contributed by atoms with Crippen LogP contribution in [-0.4, -0.2) is 18.3 Å². The molecule has 3 aromatic rings. The van der Waals surface area contributed by atoms with Crippen molar-refractivity contribution in [2.75, 3.05) is 13.2 Å². The van der Waals surface area contributed by atoms with Gasteiger partial charge in [-0.25, -0.2) is 13.2 Å². The van der Waals surface area contributed by atoms with Crippen LogP contribution in [0.3, 0.4) is 0 Å². The molecule has 3 rings (SSSR count). The molecule has 5 heteroatoms. The molecular formula is C22H19F3O2. The molecule has 0 atom stereocenters. The van der Waals surface area contributed by atoms with E-state index >= 15 is 0 Å². The normalized spacial score (nSPS) is 11.6. The van der Waals surface area contributed by atoms with Crippen molar-refractivity contribution in [3.63, 3.8) is 0 Å². The number of benzene rings is 3. The predicted octanol–water partition coefficient (Wildman–Crippen LogP) is 4.79. The lowest BCUT2D eigenvalue weighted by atomic mass is 9.80. The molecule has 3 aromatic carbocycles. The summed E-state index contributed by atoms with van der Waals surface area (Å²) in [6, 6.07) is 17.4. The van der Waals surface area contributed by atoms with Crippen LogP contribution in [0.2, 0.25) is 0 Å². The van der Waals surface area contributed by atoms with Gasteiger partial charge in [-0.05, 0) is 59.5 Å². The Balaban J connectivity index is 2.23. The molecule has 0 saturated carbocycles. The first-order chi connectivity index (χ1) is 13.1. The van der Waals surface area contributed by atoms with Gasteiger partial charge < -0.3 is 9.84 Å². The predicted molar refractivity (Wildman–Crippen MR) is 96.7 cm³/mol. The molecule has 0 aromatic heterocycles. The summed E-state index contributed by atoms with van der Waals surface area (Å²) in [5, 5.41) is 9.16. The van der Waals surface area contributed by atoms with Crippen molar-refractivity contribution in [3.8, 4) is 0 Å². The van der Waals surface area contributed by atoms with E-state index in [-0.39, 0.29) is 13.2 Å². The van der Waals surface area contributed by atoms with Crippen molar-refractivity contribution in [1.82, 2.24) is 0 Å². The molecule has 27 heavy (non-hydrogen) atoms. The average molecular weight is 372 g/mol. The zero-order valence-corrected chi connectivity index (χ0v) is 14.5. The fourth-order valence-electron chi connectivity index (χ4n) is 3.09. The molecule has 0 unspecified atom stereocenters. The second-order valence-electron chi connectivity index (χ2n) is 6.13. The summed E-state index contributed by atoms with van der Waals surface area (Å²) in [6.07, 6.45) is 0.380. The number of aliphatic hydroxyl groups is 1. The standard InChI is InChI=1S/C22H19F3O2/c23-19-8-2-16(3-9-19)22(27-15-1-14-26,17-4-10-20(24)11-5-17)18-6-12-21(25)13-7-18/h2-13,26H,1,14-15H2. The van der Waals surface area contributed by atoms with E-state index in [1.807, 2.05) is 0 Å². The van der Waals surface area contributed by atoms with Crippen LogP contribution in [0.1, 0.15) is 23.1 Å². The molecule has 0 aliphatic heterocycles. The Morgan fingerprint density at radius 3 is 1.26 bits per heavy atom. The first kappa shape index (κ1) is 19.1. The summed E-state index contributed by atoms with van der Waals surface area (Å²) in [7, 11) is 0. The van der Waals surface area contributed by atoms with Gasteiger partial charge >= 0.3 is 0 Å². The van der Waals surface area contributed by atoms with E-state index in [0.717, 1.165) is 0 Å². The van der Waals surface area contributed by atoms with Crippen molar-refractivity contribution in [2.24, 2.45) is 0 Å². The maximum Gasteiger partial charge on any atom is 0.143 e. The van der Waals surface area contributed by atoms with Gasteiger partial charge in [0, 0.05) is 6.61 Å². The fraction of sp³-hybridized carbons (Fsp3) is 0.182. The highest BCUT2D eigenvalue weighted by Gasteiger charge is 2.37. The third-order valence-electron chi connectivity index (χ3n) is 4.37. The molecule has 1 N–H and O–H groups in total. The maximum absolute atomic E-state index is 13.5. The summed E-state index contributed by atoms with van der Waals surface area (Å²) in [4.78, 5) is 0. The Morgan fingerprint density at radius 2 is 0.963 bits per heavy atom. The van der Waals surface area contributed by atoms with Crippen molar-refractivity contribution in [1.29, 1.82) is 0 Å². The lowest BCUT2D eigenvalue weighted by molar-refractivity contribution is 0.00586. The molecule has 0 bridgehead atoms. The summed E-state index contributed by atoms with van der Waals surface area (Å²) < 4.78 is 46.8. The number of aliphatic hydroxyl groups excluding tert-OH is 1. The SMILES string of the molecule is OCCCOC(c1ccc(F)cc1)(c1ccc(F)cc1)c1ccc(F)cc1. The highest BCUT2D eigenvalue weighted by molar-refractivity contribution is 5.47. The van der Waals surface area contributed by atoms with Crippen LogP contribution in [0.4, 0.5) is 13.2 Å². The summed E-state index contributed by atoms with van der Waals surface area (Å²) in [5.74, 6) is -1.20. The van der Waals surface area contributed by atoms with Crippen LogP contribution < -0.4 is 0 Å². The minimum absolute atomic E-state index is 0.0632. The van der Waals surface area contributed by atoms with E-state index in [9.17, 15) is 13.2 Å². The second-order valence-corrected chi connectivity index (χ2v) is 6.13. The van der Waals surface area contributed by atoms with Gasteiger partial charge in [0.1, 0.15) is 23.1 Å². The van der Waals surface area contributed by atoms with Gasteiger partial charge in [0.15, 0.2) is 0 Å². The third kappa shape index (κ3) is 4.04. The average Bonchev–Trinajstić information content (AvgIpc) is 2.68. The van der Waals surface area contributed by atoms with Crippen LogP contribution in [0, 0.1) is 17.5 Å². The summed E-state index contributed by atoms with van der Waals surface area (Å²) >= 11 is 0.